The van der Waals surface area contributed by atoms with Crippen LogP contribution < -0.4 is 5.32 Å². The fourth-order valence-electron chi connectivity index (χ4n) is 1.86. The Morgan fingerprint density at radius 2 is 2.06 bits per heavy atom. The number of fused-ring (bicyclic) bond motifs is 1. The van der Waals surface area contributed by atoms with Gasteiger partial charge in [-0.05, 0) is 49.9 Å². The number of amides is 1. The van der Waals surface area contributed by atoms with Crippen LogP contribution >= 0.6 is 0 Å². The third-order valence-electron chi connectivity index (χ3n) is 2.50. The molecule has 90 valence electrons. The van der Waals surface area contributed by atoms with Crippen molar-refractivity contribution < 1.29 is 4.79 Å². The standard InChI is InChI=1S/C14H18N2O/c1-14(2,3)16-13(17)9-10-4-5-12-11(8-10)6-7-15-12/h4-8,15H,9H2,1-3H3,(H,16,17). The number of carbonyl (C=O) groups excluding carboxylic acids is 1. The minimum Gasteiger partial charge on any atom is -0.361 e. The van der Waals surface area contributed by atoms with Gasteiger partial charge >= 0.3 is 0 Å². The second-order valence-corrected chi connectivity index (χ2v) is 5.37. The van der Waals surface area contributed by atoms with E-state index in [1.165, 1.54) is 0 Å². The number of benzene rings is 1. The van der Waals surface area contributed by atoms with Crippen LogP contribution in [0.2, 0.25) is 0 Å². The number of hydrogen-bond donors (Lipinski definition) is 2. The minimum atomic E-state index is -0.171. The lowest BCUT2D eigenvalue weighted by molar-refractivity contribution is -0.121. The van der Waals surface area contributed by atoms with Gasteiger partial charge in [-0.2, -0.15) is 0 Å². The molecule has 0 aliphatic rings. The molecule has 0 saturated carbocycles. The first-order chi connectivity index (χ1) is 7.94. The molecule has 0 spiro atoms. The Labute approximate surface area is 101 Å². The fraction of sp³-hybridized carbons (Fsp3) is 0.357. The van der Waals surface area contributed by atoms with Crippen LogP contribution in [0, 0.1) is 0 Å². The van der Waals surface area contributed by atoms with Crippen molar-refractivity contribution in [2.75, 3.05) is 0 Å². The summed E-state index contributed by atoms with van der Waals surface area (Å²) in [7, 11) is 0. The molecule has 1 aromatic carbocycles. The topological polar surface area (TPSA) is 44.9 Å². The smallest absolute Gasteiger partial charge is 0.224 e. The summed E-state index contributed by atoms with van der Waals surface area (Å²) in [6.07, 6.45) is 2.34. The summed E-state index contributed by atoms with van der Waals surface area (Å²) in [6, 6.07) is 8.06. The van der Waals surface area contributed by atoms with Crippen molar-refractivity contribution in [1.29, 1.82) is 0 Å². The van der Waals surface area contributed by atoms with Gasteiger partial charge in [0.25, 0.3) is 0 Å². The van der Waals surface area contributed by atoms with Crippen LogP contribution in [-0.4, -0.2) is 16.4 Å². The predicted molar refractivity (Wildman–Crippen MR) is 69.9 cm³/mol. The van der Waals surface area contributed by atoms with Gasteiger partial charge < -0.3 is 10.3 Å². The van der Waals surface area contributed by atoms with Gasteiger partial charge in [-0.25, -0.2) is 0 Å². The van der Waals surface area contributed by atoms with Crippen molar-refractivity contribution >= 4 is 16.8 Å². The van der Waals surface area contributed by atoms with Gasteiger partial charge in [0.2, 0.25) is 5.91 Å². The van der Waals surface area contributed by atoms with E-state index in [2.05, 4.69) is 10.3 Å². The highest BCUT2D eigenvalue weighted by molar-refractivity contribution is 5.83. The van der Waals surface area contributed by atoms with Crippen LogP contribution in [0.1, 0.15) is 26.3 Å². The average Bonchev–Trinajstić information content (AvgIpc) is 2.61. The lowest BCUT2D eigenvalue weighted by Crippen LogP contribution is -2.41. The zero-order chi connectivity index (χ0) is 12.5. The SMILES string of the molecule is CC(C)(C)NC(=O)Cc1ccc2[nH]ccc2c1. The maximum atomic E-state index is 11.8. The Morgan fingerprint density at radius 1 is 1.29 bits per heavy atom. The predicted octanol–water partition coefficient (Wildman–Crippen LogP) is 2.63. The van der Waals surface area contributed by atoms with Gasteiger partial charge in [0.15, 0.2) is 0 Å². The summed E-state index contributed by atoms with van der Waals surface area (Å²) in [6.45, 7) is 5.96. The number of aromatic amines is 1. The Bertz CT molecular complexity index is 534. The molecule has 0 radical (unpaired) electrons. The van der Waals surface area contributed by atoms with Crippen LogP contribution in [0.15, 0.2) is 30.5 Å². The number of nitrogens with one attached hydrogen (secondary N) is 2. The van der Waals surface area contributed by atoms with Crippen molar-refractivity contribution in [3.63, 3.8) is 0 Å². The highest BCUT2D eigenvalue weighted by Crippen LogP contribution is 2.14. The van der Waals surface area contributed by atoms with Crippen molar-refractivity contribution in [2.24, 2.45) is 0 Å². The normalized spacial score (nSPS) is 11.7. The lowest BCUT2D eigenvalue weighted by atomic mass is 10.1. The molecule has 1 aromatic heterocycles. The first kappa shape index (κ1) is 11.7. The Balaban J connectivity index is 2.10. The van der Waals surface area contributed by atoms with Gasteiger partial charge in [-0.15, -0.1) is 0 Å². The number of H-pyrrole nitrogens is 1. The summed E-state index contributed by atoms with van der Waals surface area (Å²) >= 11 is 0. The zero-order valence-corrected chi connectivity index (χ0v) is 10.5. The van der Waals surface area contributed by atoms with Crippen LogP contribution in [0.3, 0.4) is 0 Å². The van der Waals surface area contributed by atoms with Gasteiger partial charge in [0.1, 0.15) is 0 Å². The van der Waals surface area contributed by atoms with E-state index in [4.69, 9.17) is 0 Å². The molecule has 2 N–H and O–H groups in total. The van der Waals surface area contributed by atoms with E-state index in [-0.39, 0.29) is 11.4 Å². The Hall–Kier alpha value is -1.77. The Kier molecular flexibility index (Phi) is 2.92. The Morgan fingerprint density at radius 3 is 2.76 bits per heavy atom. The highest BCUT2D eigenvalue weighted by atomic mass is 16.1. The van der Waals surface area contributed by atoms with Crippen LogP contribution in [0.5, 0.6) is 0 Å². The van der Waals surface area contributed by atoms with E-state index in [0.29, 0.717) is 6.42 Å². The van der Waals surface area contributed by atoms with Gasteiger partial charge in [0, 0.05) is 17.3 Å². The van der Waals surface area contributed by atoms with E-state index in [9.17, 15) is 4.79 Å². The lowest BCUT2D eigenvalue weighted by Gasteiger charge is -2.20. The molecule has 2 rings (SSSR count). The summed E-state index contributed by atoms with van der Waals surface area (Å²) in [5.41, 5.74) is 1.97. The third kappa shape index (κ3) is 3.09. The molecule has 1 heterocycles. The summed E-state index contributed by atoms with van der Waals surface area (Å²) in [5.74, 6) is 0.0624. The van der Waals surface area contributed by atoms with Crippen LogP contribution in [0.25, 0.3) is 10.9 Å². The van der Waals surface area contributed by atoms with Crippen molar-refractivity contribution in [2.45, 2.75) is 32.7 Å². The molecule has 0 fully saturated rings. The second kappa shape index (κ2) is 4.24. The molecule has 0 aliphatic carbocycles. The number of rotatable bonds is 2. The van der Waals surface area contributed by atoms with E-state index in [0.717, 1.165) is 16.5 Å². The van der Waals surface area contributed by atoms with Crippen LogP contribution in [0.4, 0.5) is 0 Å². The molecular formula is C14H18N2O. The summed E-state index contributed by atoms with van der Waals surface area (Å²) in [5, 5.41) is 4.11. The monoisotopic (exact) mass is 230 g/mol. The number of hydrogen-bond acceptors (Lipinski definition) is 1. The van der Waals surface area contributed by atoms with Crippen molar-refractivity contribution in [3.8, 4) is 0 Å². The van der Waals surface area contributed by atoms with Crippen molar-refractivity contribution in [3.05, 3.63) is 36.0 Å². The number of aromatic nitrogens is 1. The van der Waals surface area contributed by atoms with E-state index < -0.39 is 0 Å². The molecule has 0 aliphatic heterocycles. The molecular weight excluding hydrogens is 212 g/mol. The number of carbonyl (C=O) groups is 1. The minimum absolute atomic E-state index is 0.0624. The van der Waals surface area contributed by atoms with Crippen molar-refractivity contribution in [1.82, 2.24) is 10.3 Å². The molecule has 2 aromatic rings. The second-order valence-electron chi connectivity index (χ2n) is 5.37. The molecule has 1 amide bonds. The highest BCUT2D eigenvalue weighted by Gasteiger charge is 2.13. The molecule has 0 unspecified atom stereocenters. The van der Waals surface area contributed by atoms with Crippen LogP contribution in [-0.2, 0) is 11.2 Å². The van der Waals surface area contributed by atoms with Gasteiger partial charge in [-0.3, -0.25) is 4.79 Å². The molecule has 17 heavy (non-hydrogen) atoms. The largest absolute Gasteiger partial charge is 0.361 e. The summed E-state index contributed by atoms with van der Waals surface area (Å²) < 4.78 is 0. The maximum absolute atomic E-state index is 11.8. The average molecular weight is 230 g/mol. The molecule has 3 nitrogen and oxygen atoms in total. The molecule has 3 heteroatoms. The zero-order valence-electron chi connectivity index (χ0n) is 10.5. The maximum Gasteiger partial charge on any atom is 0.224 e. The van der Waals surface area contributed by atoms with Gasteiger partial charge in [0.05, 0.1) is 6.42 Å². The summed E-state index contributed by atoms with van der Waals surface area (Å²) in [4.78, 5) is 14.9. The molecule has 0 atom stereocenters. The first-order valence-corrected chi connectivity index (χ1v) is 5.81. The van der Waals surface area contributed by atoms with E-state index in [1.54, 1.807) is 0 Å². The third-order valence-corrected chi connectivity index (χ3v) is 2.50. The van der Waals surface area contributed by atoms with E-state index >= 15 is 0 Å². The van der Waals surface area contributed by atoms with E-state index in [1.807, 2.05) is 51.2 Å². The molecule has 0 bridgehead atoms. The fourth-order valence-corrected chi connectivity index (χ4v) is 1.86. The quantitative estimate of drug-likeness (QED) is 0.818. The first-order valence-electron chi connectivity index (χ1n) is 5.81. The molecule has 0 saturated heterocycles. The van der Waals surface area contributed by atoms with Gasteiger partial charge in [-0.1, -0.05) is 6.07 Å².